The van der Waals surface area contributed by atoms with Crippen LogP contribution in [0.5, 0.6) is 0 Å². The molecule has 1 aromatic carbocycles. The third kappa shape index (κ3) is 4.88. The number of sulfonamides is 2. The zero-order valence-corrected chi connectivity index (χ0v) is 12.0. The van der Waals surface area contributed by atoms with E-state index in [-0.39, 0.29) is 22.4 Å². The summed E-state index contributed by atoms with van der Waals surface area (Å²) in [4.78, 5) is -0.397. The Hall–Kier alpha value is -1.00. The second-order valence-electron chi connectivity index (χ2n) is 4.18. The van der Waals surface area contributed by atoms with Crippen molar-refractivity contribution in [2.75, 3.05) is 6.54 Å². The van der Waals surface area contributed by atoms with E-state index in [1.807, 2.05) is 0 Å². The molecule has 0 fully saturated rings. The van der Waals surface area contributed by atoms with E-state index in [2.05, 4.69) is 4.72 Å². The van der Waals surface area contributed by atoms with Crippen LogP contribution >= 0.6 is 0 Å². The molecular formula is C10H17N3O4S2. The summed E-state index contributed by atoms with van der Waals surface area (Å²) in [6, 6.07) is 4.74. The number of nitrogens with two attached hydrogens (primary N) is 2. The van der Waals surface area contributed by atoms with Crippen molar-refractivity contribution in [3.8, 4) is 0 Å². The molecule has 0 saturated carbocycles. The molecule has 19 heavy (non-hydrogen) atoms. The van der Waals surface area contributed by atoms with E-state index in [1.165, 1.54) is 18.2 Å². The van der Waals surface area contributed by atoms with Crippen LogP contribution in [0, 0.1) is 0 Å². The Balaban J connectivity index is 2.96. The third-order valence-electron chi connectivity index (χ3n) is 2.34. The normalized spacial score (nSPS) is 14.3. The van der Waals surface area contributed by atoms with Gasteiger partial charge in [0.15, 0.2) is 0 Å². The summed E-state index contributed by atoms with van der Waals surface area (Å²) in [5.74, 6) is 0. The van der Waals surface area contributed by atoms with Crippen molar-refractivity contribution in [2.24, 2.45) is 10.9 Å². The molecule has 108 valence electrons. The van der Waals surface area contributed by atoms with Gasteiger partial charge in [0.2, 0.25) is 20.0 Å². The molecule has 1 rings (SSSR count). The molecule has 1 aromatic rings. The van der Waals surface area contributed by atoms with E-state index < -0.39 is 20.0 Å². The van der Waals surface area contributed by atoms with Gasteiger partial charge in [-0.2, -0.15) is 0 Å². The molecule has 5 N–H and O–H groups in total. The van der Waals surface area contributed by atoms with Crippen molar-refractivity contribution in [3.63, 3.8) is 0 Å². The van der Waals surface area contributed by atoms with Crippen LogP contribution in [0.2, 0.25) is 0 Å². The minimum Gasteiger partial charge on any atom is -0.328 e. The zero-order valence-electron chi connectivity index (χ0n) is 10.4. The van der Waals surface area contributed by atoms with Crippen LogP contribution in [-0.2, 0) is 20.0 Å². The number of hydrogen-bond acceptors (Lipinski definition) is 5. The first kappa shape index (κ1) is 16.1. The Bertz CT molecular complexity index is 638. The molecule has 0 radical (unpaired) electrons. The highest BCUT2D eigenvalue weighted by molar-refractivity contribution is 7.90. The fourth-order valence-corrected chi connectivity index (χ4v) is 3.05. The maximum atomic E-state index is 11.9. The van der Waals surface area contributed by atoms with Crippen LogP contribution in [-0.4, -0.2) is 29.4 Å². The van der Waals surface area contributed by atoms with Gasteiger partial charge >= 0.3 is 0 Å². The van der Waals surface area contributed by atoms with Crippen LogP contribution in [0.15, 0.2) is 34.1 Å². The van der Waals surface area contributed by atoms with Gasteiger partial charge in [-0.3, -0.25) is 0 Å². The monoisotopic (exact) mass is 307 g/mol. The number of hydrogen-bond donors (Lipinski definition) is 3. The second kappa shape index (κ2) is 5.97. The molecule has 1 unspecified atom stereocenters. The predicted molar refractivity (Wildman–Crippen MR) is 71.3 cm³/mol. The zero-order chi connectivity index (χ0) is 14.7. The van der Waals surface area contributed by atoms with E-state index in [9.17, 15) is 16.8 Å². The summed E-state index contributed by atoms with van der Waals surface area (Å²) in [6.45, 7) is 1.94. The lowest BCUT2D eigenvalue weighted by molar-refractivity contribution is 0.571. The number of nitrogens with one attached hydrogen (secondary N) is 1. The molecule has 0 aliphatic carbocycles. The Morgan fingerprint density at radius 2 is 1.79 bits per heavy atom. The Kier molecular flexibility index (Phi) is 5.04. The largest absolute Gasteiger partial charge is 0.328 e. The molecule has 0 aromatic heterocycles. The predicted octanol–water partition coefficient (Wildman–Crippen LogP) is -0.650. The van der Waals surface area contributed by atoms with Gasteiger partial charge in [0.25, 0.3) is 0 Å². The average Bonchev–Trinajstić information content (AvgIpc) is 2.27. The first-order valence-corrected chi connectivity index (χ1v) is 8.54. The van der Waals surface area contributed by atoms with E-state index in [0.29, 0.717) is 6.42 Å². The lowest BCUT2D eigenvalue weighted by Gasteiger charge is -2.09. The molecule has 0 aliphatic heterocycles. The standard InChI is InChI=1S/C10H17N3O4S2/c1-8(11)5-6-13-19(16,17)10-4-2-3-9(7-10)18(12,14)15/h2-4,7-8,13H,5-6,11H2,1H3,(H2,12,14,15). The molecule has 0 saturated heterocycles. The molecule has 0 aliphatic rings. The fourth-order valence-electron chi connectivity index (χ4n) is 1.32. The fraction of sp³-hybridized carbons (Fsp3) is 0.400. The van der Waals surface area contributed by atoms with Crippen molar-refractivity contribution in [3.05, 3.63) is 24.3 Å². The highest BCUT2D eigenvalue weighted by atomic mass is 32.2. The quantitative estimate of drug-likeness (QED) is 0.642. The van der Waals surface area contributed by atoms with Crippen molar-refractivity contribution >= 4 is 20.0 Å². The second-order valence-corrected chi connectivity index (χ2v) is 7.51. The van der Waals surface area contributed by atoms with Crippen molar-refractivity contribution in [1.82, 2.24) is 4.72 Å². The molecule has 9 heteroatoms. The Labute approximate surface area is 113 Å². The van der Waals surface area contributed by atoms with Crippen LogP contribution in [0.4, 0.5) is 0 Å². The Morgan fingerprint density at radius 3 is 2.32 bits per heavy atom. The molecule has 0 spiro atoms. The highest BCUT2D eigenvalue weighted by Gasteiger charge is 2.16. The Morgan fingerprint density at radius 1 is 1.21 bits per heavy atom. The molecule has 0 heterocycles. The first-order chi connectivity index (χ1) is 8.63. The lowest BCUT2D eigenvalue weighted by atomic mass is 10.3. The van der Waals surface area contributed by atoms with Gasteiger partial charge in [0.05, 0.1) is 9.79 Å². The maximum absolute atomic E-state index is 11.9. The van der Waals surface area contributed by atoms with E-state index in [0.717, 1.165) is 6.07 Å². The van der Waals surface area contributed by atoms with Crippen molar-refractivity contribution < 1.29 is 16.8 Å². The van der Waals surface area contributed by atoms with Gasteiger partial charge < -0.3 is 5.73 Å². The molecule has 0 bridgehead atoms. The lowest BCUT2D eigenvalue weighted by Crippen LogP contribution is -2.29. The smallest absolute Gasteiger partial charge is 0.240 e. The highest BCUT2D eigenvalue weighted by Crippen LogP contribution is 2.14. The number of rotatable bonds is 6. The maximum Gasteiger partial charge on any atom is 0.240 e. The number of primary sulfonamides is 1. The van der Waals surface area contributed by atoms with Gasteiger partial charge in [-0.25, -0.2) is 26.7 Å². The summed E-state index contributed by atoms with van der Waals surface area (Å²) in [5.41, 5.74) is 5.51. The van der Waals surface area contributed by atoms with E-state index in [4.69, 9.17) is 10.9 Å². The molecular weight excluding hydrogens is 290 g/mol. The van der Waals surface area contributed by atoms with Crippen LogP contribution in [0.1, 0.15) is 13.3 Å². The van der Waals surface area contributed by atoms with Gasteiger partial charge in [-0.05, 0) is 31.5 Å². The van der Waals surface area contributed by atoms with Crippen molar-refractivity contribution in [2.45, 2.75) is 29.2 Å². The van der Waals surface area contributed by atoms with E-state index in [1.54, 1.807) is 6.92 Å². The summed E-state index contributed by atoms with van der Waals surface area (Å²) >= 11 is 0. The first-order valence-electron chi connectivity index (χ1n) is 5.51. The minimum absolute atomic E-state index is 0.126. The summed E-state index contributed by atoms with van der Waals surface area (Å²) < 4.78 is 48.5. The molecule has 0 amide bonds. The summed E-state index contributed by atoms with van der Waals surface area (Å²) in [5, 5.41) is 4.95. The molecule has 7 nitrogen and oxygen atoms in total. The minimum atomic E-state index is -3.93. The molecule has 1 atom stereocenters. The summed E-state index contributed by atoms with van der Waals surface area (Å²) in [6.07, 6.45) is 0.480. The van der Waals surface area contributed by atoms with Gasteiger partial charge in [-0.1, -0.05) is 6.07 Å². The van der Waals surface area contributed by atoms with Gasteiger partial charge in [-0.15, -0.1) is 0 Å². The van der Waals surface area contributed by atoms with Crippen molar-refractivity contribution in [1.29, 1.82) is 0 Å². The van der Waals surface area contributed by atoms with Gasteiger partial charge in [0.1, 0.15) is 0 Å². The SMILES string of the molecule is CC(N)CCNS(=O)(=O)c1cccc(S(N)(=O)=O)c1. The number of benzene rings is 1. The van der Waals surface area contributed by atoms with Crippen LogP contribution in [0.3, 0.4) is 0 Å². The van der Waals surface area contributed by atoms with Crippen LogP contribution < -0.4 is 15.6 Å². The van der Waals surface area contributed by atoms with E-state index >= 15 is 0 Å². The summed E-state index contributed by atoms with van der Waals surface area (Å²) in [7, 11) is -7.70. The van der Waals surface area contributed by atoms with Gasteiger partial charge in [0, 0.05) is 12.6 Å². The third-order valence-corrected chi connectivity index (χ3v) is 4.71. The average molecular weight is 307 g/mol. The topological polar surface area (TPSA) is 132 Å². The van der Waals surface area contributed by atoms with Crippen LogP contribution in [0.25, 0.3) is 0 Å².